The predicted molar refractivity (Wildman–Crippen MR) is 88.7 cm³/mol. The number of benzene rings is 1. The van der Waals surface area contributed by atoms with Gasteiger partial charge < -0.3 is 5.32 Å². The lowest BCUT2D eigenvalue weighted by Crippen LogP contribution is -2.41. The van der Waals surface area contributed by atoms with Crippen LogP contribution in [0.15, 0.2) is 24.3 Å². The fourth-order valence-corrected chi connectivity index (χ4v) is 4.03. The molecule has 2 unspecified atom stereocenters. The molecule has 1 aromatic carbocycles. The van der Waals surface area contributed by atoms with Crippen LogP contribution in [0, 0.1) is 0 Å². The summed E-state index contributed by atoms with van der Waals surface area (Å²) in [7, 11) is 0. The molecule has 0 aliphatic carbocycles. The maximum atomic E-state index is 3.72. The van der Waals surface area contributed by atoms with E-state index in [0.717, 1.165) is 19.1 Å². The molecule has 1 aromatic rings. The van der Waals surface area contributed by atoms with Crippen LogP contribution in [-0.2, 0) is 6.42 Å². The van der Waals surface area contributed by atoms with Gasteiger partial charge in [-0.3, -0.25) is 9.80 Å². The molecule has 1 N–H and O–H groups in total. The number of rotatable bonds is 5. The van der Waals surface area contributed by atoms with Crippen LogP contribution >= 0.6 is 0 Å². The number of nitrogens with one attached hydrogen (secondary N) is 1. The summed E-state index contributed by atoms with van der Waals surface area (Å²) in [6.07, 6.45) is 2.50. The van der Waals surface area contributed by atoms with E-state index >= 15 is 0 Å². The minimum absolute atomic E-state index is 0.519. The van der Waals surface area contributed by atoms with Crippen LogP contribution in [0.25, 0.3) is 0 Å². The van der Waals surface area contributed by atoms with Crippen LogP contribution in [0.5, 0.6) is 0 Å². The lowest BCUT2D eigenvalue weighted by molar-refractivity contribution is 0.204. The summed E-state index contributed by atoms with van der Waals surface area (Å²) in [6.45, 7) is 11.7. The van der Waals surface area contributed by atoms with E-state index in [2.05, 4.69) is 53.2 Å². The summed E-state index contributed by atoms with van der Waals surface area (Å²) in [5, 5.41) is 3.72. The van der Waals surface area contributed by atoms with Gasteiger partial charge in [0.25, 0.3) is 0 Å². The first-order valence-electron chi connectivity index (χ1n) is 8.59. The van der Waals surface area contributed by atoms with E-state index in [1.807, 2.05) is 0 Å². The SMILES string of the molecule is CCN(CC)C1CCN(CC2NCCc3ccccc32)C1. The van der Waals surface area contributed by atoms with Gasteiger partial charge in [0.2, 0.25) is 0 Å². The number of hydrogen-bond donors (Lipinski definition) is 1. The van der Waals surface area contributed by atoms with E-state index in [1.54, 1.807) is 5.56 Å². The number of fused-ring (bicyclic) bond motifs is 1. The van der Waals surface area contributed by atoms with Gasteiger partial charge in [-0.25, -0.2) is 0 Å². The molecule has 21 heavy (non-hydrogen) atoms. The second-order valence-corrected chi connectivity index (χ2v) is 6.38. The van der Waals surface area contributed by atoms with Crippen molar-refractivity contribution >= 4 is 0 Å². The van der Waals surface area contributed by atoms with Gasteiger partial charge in [0.1, 0.15) is 0 Å². The minimum Gasteiger partial charge on any atom is -0.309 e. The lowest BCUT2D eigenvalue weighted by Gasteiger charge is -2.31. The summed E-state index contributed by atoms with van der Waals surface area (Å²) in [5.41, 5.74) is 3.07. The van der Waals surface area contributed by atoms with Crippen molar-refractivity contribution < 1.29 is 0 Å². The third-order valence-electron chi connectivity index (χ3n) is 5.23. The molecule has 0 saturated carbocycles. The van der Waals surface area contributed by atoms with Crippen molar-refractivity contribution in [2.75, 3.05) is 39.3 Å². The van der Waals surface area contributed by atoms with Gasteiger partial charge in [0.05, 0.1) is 0 Å². The normalized spacial score (nSPS) is 26.2. The van der Waals surface area contributed by atoms with Crippen molar-refractivity contribution in [1.82, 2.24) is 15.1 Å². The predicted octanol–water partition coefficient (Wildman–Crippen LogP) is 2.29. The Bertz CT molecular complexity index is 456. The van der Waals surface area contributed by atoms with Gasteiger partial charge in [-0.2, -0.15) is 0 Å². The van der Waals surface area contributed by atoms with Crippen LogP contribution in [0.2, 0.25) is 0 Å². The number of likely N-dealkylation sites (tertiary alicyclic amines) is 1. The van der Waals surface area contributed by atoms with Gasteiger partial charge in [-0.1, -0.05) is 38.1 Å². The Labute approximate surface area is 129 Å². The standard InChI is InChI=1S/C18H29N3/c1-3-21(4-2)16-10-12-20(13-16)14-18-17-8-6-5-7-15(17)9-11-19-18/h5-8,16,18-19H,3-4,9-14H2,1-2H3. The zero-order chi connectivity index (χ0) is 14.7. The van der Waals surface area contributed by atoms with Crippen molar-refractivity contribution in [3.63, 3.8) is 0 Å². The smallest absolute Gasteiger partial charge is 0.0452 e. The van der Waals surface area contributed by atoms with Crippen LogP contribution in [0.3, 0.4) is 0 Å². The van der Waals surface area contributed by atoms with E-state index in [-0.39, 0.29) is 0 Å². The van der Waals surface area contributed by atoms with Crippen LogP contribution < -0.4 is 5.32 Å². The largest absolute Gasteiger partial charge is 0.309 e. The fourth-order valence-electron chi connectivity index (χ4n) is 4.03. The first-order chi connectivity index (χ1) is 10.3. The zero-order valence-electron chi connectivity index (χ0n) is 13.5. The molecule has 0 aromatic heterocycles. The second-order valence-electron chi connectivity index (χ2n) is 6.38. The molecule has 3 rings (SSSR count). The molecule has 0 spiro atoms. The maximum Gasteiger partial charge on any atom is 0.0452 e. The molecule has 2 heterocycles. The summed E-state index contributed by atoms with van der Waals surface area (Å²) in [5.74, 6) is 0. The number of nitrogens with zero attached hydrogens (tertiary/aromatic N) is 2. The zero-order valence-corrected chi connectivity index (χ0v) is 13.5. The van der Waals surface area contributed by atoms with E-state index in [9.17, 15) is 0 Å². The summed E-state index contributed by atoms with van der Waals surface area (Å²) in [6, 6.07) is 10.2. The Hall–Kier alpha value is -0.900. The highest BCUT2D eigenvalue weighted by Crippen LogP contribution is 2.25. The van der Waals surface area contributed by atoms with Crippen molar-refractivity contribution in [2.45, 2.75) is 38.8 Å². The Morgan fingerprint density at radius 1 is 1.24 bits per heavy atom. The molecule has 2 aliphatic rings. The highest BCUT2D eigenvalue weighted by Gasteiger charge is 2.29. The van der Waals surface area contributed by atoms with Gasteiger partial charge in [0, 0.05) is 25.2 Å². The molecule has 1 saturated heterocycles. The number of likely N-dealkylation sites (N-methyl/N-ethyl adjacent to an activating group) is 1. The summed E-state index contributed by atoms with van der Waals surface area (Å²) >= 11 is 0. The second kappa shape index (κ2) is 6.91. The topological polar surface area (TPSA) is 18.5 Å². The first kappa shape index (κ1) is 15.0. The van der Waals surface area contributed by atoms with E-state index in [1.165, 1.54) is 44.6 Å². The minimum atomic E-state index is 0.519. The quantitative estimate of drug-likeness (QED) is 0.896. The maximum absolute atomic E-state index is 3.72. The third-order valence-corrected chi connectivity index (χ3v) is 5.23. The molecule has 0 radical (unpaired) electrons. The molecule has 116 valence electrons. The molecule has 2 atom stereocenters. The molecule has 2 aliphatic heterocycles. The van der Waals surface area contributed by atoms with E-state index < -0.39 is 0 Å². The lowest BCUT2D eigenvalue weighted by atomic mass is 9.94. The molecule has 3 heteroatoms. The molecule has 1 fully saturated rings. The van der Waals surface area contributed by atoms with E-state index in [4.69, 9.17) is 0 Å². The number of hydrogen-bond acceptors (Lipinski definition) is 3. The molecule has 0 bridgehead atoms. The van der Waals surface area contributed by atoms with Crippen LogP contribution in [-0.4, -0.2) is 55.1 Å². The Balaban J connectivity index is 1.61. The first-order valence-corrected chi connectivity index (χ1v) is 8.59. The third kappa shape index (κ3) is 3.31. The Morgan fingerprint density at radius 2 is 2.05 bits per heavy atom. The summed E-state index contributed by atoms with van der Waals surface area (Å²) < 4.78 is 0. The average Bonchev–Trinajstić information content (AvgIpc) is 2.97. The van der Waals surface area contributed by atoms with Gasteiger partial charge >= 0.3 is 0 Å². The van der Waals surface area contributed by atoms with Crippen molar-refractivity contribution in [1.29, 1.82) is 0 Å². The van der Waals surface area contributed by atoms with Crippen LogP contribution in [0.1, 0.15) is 37.4 Å². The Kier molecular flexibility index (Phi) is 4.94. The van der Waals surface area contributed by atoms with Gasteiger partial charge in [-0.05, 0) is 50.1 Å². The molecular formula is C18H29N3. The summed E-state index contributed by atoms with van der Waals surface area (Å²) in [4.78, 5) is 5.27. The molecule has 3 nitrogen and oxygen atoms in total. The van der Waals surface area contributed by atoms with Crippen molar-refractivity contribution in [3.05, 3.63) is 35.4 Å². The van der Waals surface area contributed by atoms with E-state index in [0.29, 0.717) is 6.04 Å². The fraction of sp³-hybridized carbons (Fsp3) is 0.667. The van der Waals surface area contributed by atoms with Crippen molar-refractivity contribution in [2.24, 2.45) is 0 Å². The van der Waals surface area contributed by atoms with Crippen molar-refractivity contribution in [3.8, 4) is 0 Å². The molecular weight excluding hydrogens is 258 g/mol. The Morgan fingerprint density at radius 3 is 2.86 bits per heavy atom. The van der Waals surface area contributed by atoms with Gasteiger partial charge in [0.15, 0.2) is 0 Å². The average molecular weight is 287 g/mol. The van der Waals surface area contributed by atoms with Crippen LogP contribution in [0.4, 0.5) is 0 Å². The van der Waals surface area contributed by atoms with Gasteiger partial charge in [-0.15, -0.1) is 0 Å². The molecule has 0 amide bonds. The highest BCUT2D eigenvalue weighted by atomic mass is 15.3. The monoisotopic (exact) mass is 287 g/mol. The highest BCUT2D eigenvalue weighted by molar-refractivity contribution is 5.32.